The SMILES string of the molecule is Cc1cc(C(=O)NCCCc2ccccc2Cl)ccc1[N+](=O)[O-]. The van der Waals surface area contributed by atoms with Gasteiger partial charge in [0.1, 0.15) is 0 Å². The summed E-state index contributed by atoms with van der Waals surface area (Å²) < 4.78 is 0. The molecule has 0 radical (unpaired) electrons. The van der Waals surface area contributed by atoms with Crippen LogP contribution in [0, 0.1) is 17.0 Å². The fourth-order valence-electron chi connectivity index (χ4n) is 2.29. The quantitative estimate of drug-likeness (QED) is 0.495. The second kappa shape index (κ2) is 7.74. The summed E-state index contributed by atoms with van der Waals surface area (Å²) in [6, 6.07) is 12.0. The first-order valence-electron chi connectivity index (χ1n) is 7.25. The van der Waals surface area contributed by atoms with E-state index in [9.17, 15) is 14.9 Å². The van der Waals surface area contributed by atoms with Gasteiger partial charge in [-0.1, -0.05) is 29.8 Å². The average Bonchev–Trinajstić information content (AvgIpc) is 2.52. The number of hydrogen-bond donors (Lipinski definition) is 1. The maximum atomic E-state index is 12.0. The van der Waals surface area contributed by atoms with E-state index in [0.717, 1.165) is 23.4 Å². The van der Waals surface area contributed by atoms with Crippen LogP contribution in [0.3, 0.4) is 0 Å². The third-order valence-electron chi connectivity index (χ3n) is 3.52. The summed E-state index contributed by atoms with van der Waals surface area (Å²) in [5.74, 6) is -0.234. The molecule has 120 valence electrons. The molecule has 1 amide bonds. The number of carbonyl (C=O) groups is 1. The predicted octanol–water partition coefficient (Wildman–Crippen LogP) is 3.92. The molecule has 5 nitrogen and oxygen atoms in total. The molecule has 0 atom stereocenters. The molecule has 0 aliphatic carbocycles. The molecule has 0 aliphatic heterocycles. The maximum Gasteiger partial charge on any atom is 0.272 e. The van der Waals surface area contributed by atoms with Gasteiger partial charge in [-0.3, -0.25) is 14.9 Å². The lowest BCUT2D eigenvalue weighted by Crippen LogP contribution is -2.24. The van der Waals surface area contributed by atoms with Crippen molar-refractivity contribution in [2.24, 2.45) is 0 Å². The van der Waals surface area contributed by atoms with E-state index in [4.69, 9.17) is 11.6 Å². The van der Waals surface area contributed by atoms with Gasteiger partial charge in [0.25, 0.3) is 11.6 Å². The van der Waals surface area contributed by atoms with Crippen LogP contribution in [0.25, 0.3) is 0 Å². The number of nitro benzene ring substituents is 1. The summed E-state index contributed by atoms with van der Waals surface area (Å²) in [4.78, 5) is 22.4. The van der Waals surface area contributed by atoms with Gasteiger partial charge < -0.3 is 5.32 Å². The zero-order valence-electron chi connectivity index (χ0n) is 12.7. The van der Waals surface area contributed by atoms with Crippen LogP contribution in [0.5, 0.6) is 0 Å². The van der Waals surface area contributed by atoms with Crippen LogP contribution in [0.1, 0.15) is 27.9 Å². The Morgan fingerprint density at radius 1 is 1.26 bits per heavy atom. The largest absolute Gasteiger partial charge is 0.352 e. The first kappa shape index (κ1) is 17.0. The van der Waals surface area contributed by atoms with Gasteiger partial charge in [-0.2, -0.15) is 0 Å². The highest BCUT2D eigenvalue weighted by molar-refractivity contribution is 6.31. The summed E-state index contributed by atoms with van der Waals surface area (Å²) in [6.45, 7) is 2.13. The van der Waals surface area contributed by atoms with Crippen molar-refractivity contribution in [2.45, 2.75) is 19.8 Å². The van der Waals surface area contributed by atoms with Gasteiger partial charge >= 0.3 is 0 Å². The number of amides is 1. The number of nitrogens with one attached hydrogen (secondary N) is 1. The van der Waals surface area contributed by atoms with Gasteiger partial charge in [0.05, 0.1) is 4.92 Å². The van der Waals surface area contributed by atoms with Gasteiger partial charge in [-0.15, -0.1) is 0 Å². The zero-order valence-corrected chi connectivity index (χ0v) is 13.5. The van der Waals surface area contributed by atoms with Crippen molar-refractivity contribution in [1.29, 1.82) is 0 Å². The van der Waals surface area contributed by atoms with Crippen molar-refractivity contribution >= 4 is 23.2 Å². The Labute approximate surface area is 139 Å². The molecular formula is C17H17ClN2O3. The minimum absolute atomic E-state index is 0.0141. The predicted molar refractivity (Wildman–Crippen MR) is 89.9 cm³/mol. The Morgan fingerprint density at radius 3 is 2.65 bits per heavy atom. The standard InChI is InChI=1S/C17H17ClN2O3/c1-12-11-14(8-9-16(12)20(22)23)17(21)19-10-4-6-13-5-2-3-7-15(13)18/h2-3,5,7-9,11H,4,6,10H2,1H3,(H,19,21). The Morgan fingerprint density at radius 2 is 2.00 bits per heavy atom. The number of nitrogens with zero attached hydrogens (tertiary/aromatic N) is 1. The number of hydrogen-bond acceptors (Lipinski definition) is 3. The topological polar surface area (TPSA) is 72.2 Å². The Balaban J connectivity index is 1.87. The van der Waals surface area contributed by atoms with Crippen LogP contribution in [0.15, 0.2) is 42.5 Å². The van der Waals surface area contributed by atoms with E-state index in [1.165, 1.54) is 18.2 Å². The van der Waals surface area contributed by atoms with Crippen LogP contribution in [-0.4, -0.2) is 17.4 Å². The molecule has 0 saturated heterocycles. The van der Waals surface area contributed by atoms with Crippen molar-refractivity contribution in [3.63, 3.8) is 0 Å². The minimum Gasteiger partial charge on any atom is -0.352 e. The number of halogens is 1. The molecule has 1 N–H and O–H groups in total. The summed E-state index contributed by atoms with van der Waals surface area (Å²) in [5, 5.41) is 14.3. The monoisotopic (exact) mass is 332 g/mol. The molecule has 0 unspecified atom stereocenters. The van der Waals surface area contributed by atoms with Gasteiger partial charge in [0.15, 0.2) is 0 Å². The van der Waals surface area contributed by atoms with Crippen molar-refractivity contribution in [1.82, 2.24) is 5.32 Å². The highest BCUT2D eigenvalue weighted by atomic mass is 35.5. The van der Waals surface area contributed by atoms with Gasteiger partial charge in [-0.05, 0) is 43.5 Å². The zero-order chi connectivity index (χ0) is 16.8. The smallest absolute Gasteiger partial charge is 0.272 e. The first-order chi connectivity index (χ1) is 11.0. The summed E-state index contributed by atoms with van der Waals surface area (Å²) in [6.07, 6.45) is 1.54. The molecule has 23 heavy (non-hydrogen) atoms. The third-order valence-corrected chi connectivity index (χ3v) is 3.89. The molecule has 2 aromatic rings. The number of benzene rings is 2. The minimum atomic E-state index is -0.458. The maximum absolute atomic E-state index is 12.0. The third kappa shape index (κ3) is 4.53. The lowest BCUT2D eigenvalue weighted by molar-refractivity contribution is -0.385. The van der Waals surface area contributed by atoms with Gasteiger partial charge in [0.2, 0.25) is 0 Å². The summed E-state index contributed by atoms with van der Waals surface area (Å²) in [5.41, 5.74) is 1.96. The molecule has 0 fully saturated rings. The normalized spacial score (nSPS) is 10.3. The number of nitro groups is 1. The second-order valence-corrected chi connectivity index (χ2v) is 5.62. The molecule has 0 heterocycles. The van der Waals surface area contributed by atoms with Gasteiger partial charge in [0, 0.05) is 28.8 Å². The van der Waals surface area contributed by atoms with Crippen LogP contribution in [0.4, 0.5) is 5.69 Å². The molecule has 0 saturated carbocycles. The second-order valence-electron chi connectivity index (χ2n) is 5.21. The van der Waals surface area contributed by atoms with E-state index in [0.29, 0.717) is 17.7 Å². The Hall–Kier alpha value is -2.40. The molecule has 0 aliphatic rings. The van der Waals surface area contributed by atoms with Crippen LogP contribution < -0.4 is 5.32 Å². The van der Waals surface area contributed by atoms with Crippen molar-refractivity contribution in [3.05, 3.63) is 74.3 Å². The average molecular weight is 333 g/mol. The van der Waals surface area contributed by atoms with Crippen molar-refractivity contribution in [2.75, 3.05) is 6.54 Å². The van der Waals surface area contributed by atoms with E-state index in [1.807, 2.05) is 24.3 Å². The van der Waals surface area contributed by atoms with Crippen molar-refractivity contribution in [3.8, 4) is 0 Å². The molecule has 0 bridgehead atoms. The van der Waals surface area contributed by atoms with Crippen LogP contribution in [0.2, 0.25) is 5.02 Å². The fraction of sp³-hybridized carbons (Fsp3) is 0.235. The number of rotatable bonds is 6. The van der Waals surface area contributed by atoms with E-state index >= 15 is 0 Å². The molecule has 0 spiro atoms. The lowest BCUT2D eigenvalue weighted by Gasteiger charge is -2.07. The Bertz CT molecular complexity index is 732. The molecule has 2 rings (SSSR count). The molecule has 2 aromatic carbocycles. The first-order valence-corrected chi connectivity index (χ1v) is 7.63. The molecular weight excluding hydrogens is 316 g/mol. The van der Waals surface area contributed by atoms with Crippen LogP contribution in [-0.2, 0) is 6.42 Å². The van der Waals surface area contributed by atoms with E-state index in [1.54, 1.807) is 6.92 Å². The van der Waals surface area contributed by atoms with Crippen LogP contribution >= 0.6 is 11.6 Å². The van der Waals surface area contributed by atoms with Gasteiger partial charge in [-0.25, -0.2) is 0 Å². The highest BCUT2D eigenvalue weighted by Crippen LogP contribution is 2.19. The lowest BCUT2D eigenvalue weighted by atomic mass is 10.1. The summed E-state index contributed by atoms with van der Waals surface area (Å²) >= 11 is 6.08. The Kier molecular flexibility index (Phi) is 5.71. The highest BCUT2D eigenvalue weighted by Gasteiger charge is 2.13. The number of carbonyl (C=O) groups excluding carboxylic acids is 1. The molecule has 6 heteroatoms. The molecule has 0 aromatic heterocycles. The summed E-state index contributed by atoms with van der Waals surface area (Å²) in [7, 11) is 0. The van der Waals surface area contributed by atoms with Crippen molar-refractivity contribution < 1.29 is 9.72 Å². The van der Waals surface area contributed by atoms with E-state index in [-0.39, 0.29) is 11.6 Å². The van der Waals surface area contributed by atoms with E-state index in [2.05, 4.69) is 5.32 Å². The van der Waals surface area contributed by atoms with E-state index < -0.39 is 4.92 Å². The number of aryl methyl sites for hydroxylation is 2. The fourth-order valence-corrected chi connectivity index (χ4v) is 2.52.